The zero-order valence-electron chi connectivity index (χ0n) is 19.0. The Hall–Kier alpha value is -3.82. The summed E-state index contributed by atoms with van der Waals surface area (Å²) >= 11 is 3.45. The average Bonchev–Trinajstić information content (AvgIpc) is 3.14. The monoisotopic (exact) mass is 513 g/mol. The van der Waals surface area contributed by atoms with Gasteiger partial charge in [-0.3, -0.25) is 0 Å². The first-order valence-corrected chi connectivity index (χ1v) is 11.6. The van der Waals surface area contributed by atoms with E-state index in [-0.39, 0.29) is 6.61 Å². The molecule has 0 amide bonds. The maximum Gasteiger partial charge on any atom is 0.143 e. The summed E-state index contributed by atoms with van der Waals surface area (Å²) in [5, 5.41) is 13.3. The van der Waals surface area contributed by atoms with Gasteiger partial charge in [0.2, 0.25) is 0 Å². The second-order valence-electron chi connectivity index (χ2n) is 7.85. The molecular formula is C28H24BrN3O2. The van der Waals surface area contributed by atoms with Gasteiger partial charge in [0, 0.05) is 32.7 Å². The molecule has 0 atom stereocenters. The highest BCUT2D eigenvalue weighted by molar-refractivity contribution is 9.10. The van der Waals surface area contributed by atoms with Gasteiger partial charge in [-0.25, -0.2) is 0 Å². The van der Waals surface area contributed by atoms with E-state index in [4.69, 9.17) is 9.57 Å². The van der Waals surface area contributed by atoms with E-state index in [0.29, 0.717) is 12.2 Å². The van der Waals surface area contributed by atoms with Gasteiger partial charge in [0.1, 0.15) is 19.0 Å². The number of oxime groups is 1. The Morgan fingerprint density at radius 1 is 0.971 bits per heavy atom. The lowest BCUT2D eigenvalue weighted by atomic mass is 10.1. The predicted octanol–water partition coefficient (Wildman–Crippen LogP) is 6.86. The Kier molecular flexibility index (Phi) is 7.46. The number of ether oxygens (including phenoxy) is 1. The molecule has 170 valence electrons. The lowest BCUT2D eigenvalue weighted by molar-refractivity contribution is 0.132. The highest BCUT2D eigenvalue weighted by Gasteiger charge is 2.10. The molecule has 0 saturated heterocycles. The first-order valence-electron chi connectivity index (χ1n) is 10.8. The van der Waals surface area contributed by atoms with Gasteiger partial charge >= 0.3 is 0 Å². The summed E-state index contributed by atoms with van der Waals surface area (Å²) in [4.78, 5) is 5.45. The SMILES string of the molecule is Cc1cc(/C=N\OCc2ccccc2C#N)c(C)n1-c1ccc(OCc2ccc(Br)cc2)cc1. The molecule has 1 aromatic heterocycles. The molecule has 4 aromatic rings. The van der Waals surface area contributed by atoms with E-state index in [2.05, 4.69) is 51.6 Å². The number of aryl methyl sites for hydroxylation is 1. The molecule has 4 rings (SSSR count). The standard InChI is InChI=1S/C28H24BrN3O2/c1-20-15-25(17-31-34-19-24-6-4-3-5-23(24)16-30)21(2)32(20)27-11-13-28(14-12-27)33-18-22-7-9-26(29)10-8-22/h3-15,17H,18-19H2,1-2H3/b31-17-. The molecule has 0 aliphatic carbocycles. The number of nitriles is 1. The summed E-state index contributed by atoms with van der Waals surface area (Å²) in [6.07, 6.45) is 1.71. The zero-order chi connectivity index (χ0) is 23.9. The van der Waals surface area contributed by atoms with Crippen molar-refractivity contribution in [1.29, 1.82) is 5.26 Å². The van der Waals surface area contributed by atoms with E-state index >= 15 is 0 Å². The van der Waals surface area contributed by atoms with Gasteiger partial charge in [0.15, 0.2) is 0 Å². The van der Waals surface area contributed by atoms with E-state index in [1.165, 1.54) is 0 Å². The van der Waals surface area contributed by atoms with Crippen molar-refractivity contribution in [2.45, 2.75) is 27.1 Å². The minimum absolute atomic E-state index is 0.251. The predicted molar refractivity (Wildman–Crippen MR) is 137 cm³/mol. The van der Waals surface area contributed by atoms with Crippen molar-refractivity contribution in [3.8, 4) is 17.5 Å². The minimum atomic E-state index is 0.251. The van der Waals surface area contributed by atoms with Gasteiger partial charge in [0.25, 0.3) is 0 Å². The van der Waals surface area contributed by atoms with Crippen LogP contribution >= 0.6 is 15.9 Å². The second kappa shape index (κ2) is 10.9. The number of hydrogen-bond acceptors (Lipinski definition) is 4. The van der Waals surface area contributed by atoms with Gasteiger partial charge in [-0.05, 0) is 67.9 Å². The summed E-state index contributed by atoms with van der Waals surface area (Å²) in [5.74, 6) is 0.821. The first kappa shape index (κ1) is 23.3. The molecule has 1 heterocycles. The zero-order valence-corrected chi connectivity index (χ0v) is 20.6. The molecule has 0 spiro atoms. The molecule has 0 unspecified atom stereocenters. The lowest BCUT2D eigenvalue weighted by Crippen LogP contribution is -2.00. The quantitative estimate of drug-likeness (QED) is 0.191. The van der Waals surface area contributed by atoms with Crippen molar-refractivity contribution in [3.63, 3.8) is 0 Å². The number of aromatic nitrogens is 1. The van der Waals surface area contributed by atoms with Crippen molar-refractivity contribution in [3.05, 3.63) is 117 Å². The van der Waals surface area contributed by atoms with Crippen LogP contribution in [-0.4, -0.2) is 10.8 Å². The molecular weight excluding hydrogens is 490 g/mol. The number of halogens is 1. The molecule has 0 fully saturated rings. The summed E-state index contributed by atoms with van der Waals surface area (Å²) in [6.45, 7) is 4.89. The van der Waals surface area contributed by atoms with Crippen LogP contribution in [0.4, 0.5) is 0 Å². The van der Waals surface area contributed by atoms with E-state index in [1.807, 2.05) is 66.7 Å². The Bertz CT molecular complexity index is 1330. The molecule has 0 aliphatic rings. The normalized spacial score (nSPS) is 10.9. The van der Waals surface area contributed by atoms with Crippen molar-refractivity contribution in [1.82, 2.24) is 4.57 Å². The maximum absolute atomic E-state index is 9.18. The maximum atomic E-state index is 9.18. The Labute approximate surface area is 208 Å². The number of rotatable bonds is 8. The van der Waals surface area contributed by atoms with Crippen LogP contribution in [0.3, 0.4) is 0 Å². The fourth-order valence-corrected chi connectivity index (χ4v) is 3.97. The molecule has 0 N–H and O–H groups in total. The highest BCUT2D eigenvalue weighted by atomic mass is 79.9. The fourth-order valence-electron chi connectivity index (χ4n) is 3.71. The van der Waals surface area contributed by atoms with Gasteiger partial charge in [-0.2, -0.15) is 5.26 Å². The third kappa shape index (κ3) is 5.56. The number of nitrogens with zero attached hydrogens (tertiary/aromatic N) is 3. The van der Waals surface area contributed by atoms with Crippen LogP contribution in [-0.2, 0) is 18.1 Å². The third-order valence-corrected chi connectivity index (χ3v) is 6.04. The molecule has 34 heavy (non-hydrogen) atoms. The van der Waals surface area contributed by atoms with Crippen LogP contribution in [0, 0.1) is 25.2 Å². The van der Waals surface area contributed by atoms with E-state index < -0.39 is 0 Å². The molecule has 5 nitrogen and oxygen atoms in total. The Morgan fingerprint density at radius 2 is 1.71 bits per heavy atom. The molecule has 0 bridgehead atoms. The Balaban J connectivity index is 1.40. The van der Waals surface area contributed by atoms with Crippen LogP contribution in [0.1, 0.15) is 33.6 Å². The van der Waals surface area contributed by atoms with Crippen LogP contribution in [0.5, 0.6) is 5.75 Å². The minimum Gasteiger partial charge on any atom is -0.489 e. The van der Waals surface area contributed by atoms with Crippen molar-refractivity contribution in [2.24, 2.45) is 5.16 Å². The van der Waals surface area contributed by atoms with Crippen molar-refractivity contribution in [2.75, 3.05) is 0 Å². The molecule has 0 aliphatic heterocycles. The van der Waals surface area contributed by atoms with E-state index in [9.17, 15) is 5.26 Å². The fraction of sp³-hybridized carbons (Fsp3) is 0.143. The van der Waals surface area contributed by atoms with Crippen LogP contribution < -0.4 is 4.74 Å². The van der Waals surface area contributed by atoms with Crippen LogP contribution in [0.15, 0.2) is 88.5 Å². The van der Waals surface area contributed by atoms with Gasteiger partial charge in [0.05, 0.1) is 17.8 Å². The largest absolute Gasteiger partial charge is 0.489 e. The average molecular weight is 514 g/mol. The summed E-state index contributed by atoms with van der Waals surface area (Å²) in [6, 6.07) is 27.8. The summed E-state index contributed by atoms with van der Waals surface area (Å²) in [7, 11) is 0. The Morgan fingerprint density at radius 3 is 2.44 bits per heavy atom. The van der Waals surface area contributed by atoms with E-state index in [1.54, 1.807) is 12.3 Å². The van der Waals surface area contributed by atoms with Crippen molar-refractivity contribution >= 4 is 22.1 Å². The highest BCUT2D eigenvalue weighted by Crippen LogP contribution is 2.23. The van der Waals surface area contributed by atoms with Crippen LogP contribution in [0.2, 0.25) is 0 Å². The van der Waals surface area contributed by atoms with Gasteiger partial charge in [-0.1, -0.05) is 51.4 Å². The number of benzene rings is 3. The smallest absolute Gasteiger partial charge is 0.143 e. The molecule has 6 heteroatoms. The number of hydrogen-bond donors (Lipinski definition) is 0. The van der Waals surface area contributed by atoms with Crippen LogP contribution in [0.25, 0.3) is 5.69 Å². The molecule has 0 radical (unpaired) electrons. The second-order valence-corrected chi connectivity index (χ2v) is 8.76. The third-order valence-electron chi connectivity index (χ3n) is 5.51. The topological polar surface area (TPSA) is 59.5 Å². The summed E-state index contributed by atoms with van der Waals surface area (Å²) in [5.41, 5.74) is 6.71. The molecule has 0 saturated carbocycles. The van der Waals surface area contributed by atoms with E-state index in [0.717, 1.165) is 44.0 Å². The van der Waals surface area contributed by atoms with Gasteiger partial charge in [-0.15, -0.1) is 0 Å². The van der Waals surface area contributed by atoms with Crippen molar-refractivity contribution < 1.29 is 9.57 Å². The first-order chi connectivity index (χ1) is 16.5. The lowest BCUT2D eigenvalue weighted by Gasteiger charge is -2.11. The summed E-state index contributed by atoms with van der Waals surface area (Å²) < 4.78 is 9.15. The van der Waals surface area contributed by atoms with Gasteiger partial charge < -0.3 is 14.1 Å². The molecule has 3 aromatic carbocycles.